The molecule has 0 saturated carbocycles. The molecule has 0 amide bonds. The average Bonchev–Trinajstić information content (AvgIpc) is 3.25. The molecule has 1 aromatic carbocycles. The molecule has 1 fully saturated rings. The van der Waals surface area contributed by atoms with Crippen LogP contribution in [0.15, 0.2) is 30.5 Å². The van der Waals surface area contributed by atoms with Crippen LogP contribution in [0.1, 0.15) is 43.8 Å². The molecule has 0 aliphatic carbocycles. The van der Waals surface area contributed by atoms with Gasteiger partial charge in [0, 0.05) is 37.6 Å². The Balaban J connectivity index is 1.20. The van der Waals surface area contributed by atoms with Gasteiger partial charge in [-0.2, -0.15) is 0 Å². The van der Waals surface area contributed by atoms with Crippen molar-refractivity contribution >= 4 is 10.9 Å². The van der Waals surface area contributed by atoms with Crippen molar-refractivity contribution in [3.63, 3.8) is 0 Å². The molecular formula is C23H29F2N5O. The minimum atomic E-state index is -2.37. The third-order valence-electron chi connectivity index (χ3n) is 6.49. The summed E-state index contributed by atoms with van der Waals surface area (Å²) < 4.78 is 35.9. The number of benzene rings is 1. The molecule has 0 unspecified atom stereocenters. The van der Waals surface area contributed by atoms with Crippen LogP contribution in [-0.4, -0.2) is 49.9 Å². The van der Waals surface area contributed by atoms with E-state index in [0.717, 1.165) is 73.7 Å². The number of nitrogens with zero attached hydrogens (tertiary/aromatic N) is 5. The van der Waals surface area contributed by atoms with Crippen LogP contribution >= 0.6 is 0 Å². The molecule has 0 N–H and O–H groups in total. The topological polar surface area (TPSA) is 48.1 Å². The fourth-order valence-electron chi connectivity index (χ4n) is 4.83. The van der Waals surface area contributed by atoms with E-state index < -0.39 is 6.43 Å². The molecule has 8 heteroatoms. The number of hydrogen-bond acceptors (Lipinski definition) is 4. The second-order valence-electron chi connectivity index (χ2n) is 8.64. The fraction of sp³-hybridized carbons (Fsp3) is 0.565. The Hall–Kier alpha value is -2.48. The van der Waals surface area contributed by atoms with Crippen LogP contribution in [0.25, 0.3) is 10.9 Å². The van der Waals surface area contributed by atoms with Crippen molar-refractivity contribution in [1.82, 2.24) is 24.2 Å². The summed E-state index contributed by atoms with van der Waals surface area (Å²) in [5, 5.41) is 9.78. The zero-order chi connectivity index (χ0) is 21.2. The maximum absolute atomic E-state index is 12.8. The monoisotopic (exact) mass is 429 g/mol. The molecule has 4 heterocycles. The first kappa shape index (κ1) is 20.4. The highest BCUT2D eigenvalue weighted by molar-refractivity contribution is 5.86. The van der Waals surface area contributed by atoms with Crippen molar-refractivity contribution in [3.8, 4) is 5.75 Å². The van der Waals surface area contributed by atoms with Crippen LogP contribution in [-0.2, 0) is 26.1 Å². The molecule has 0 radical (unpaired) electrons. The van der Waals surface area contributed by atoms with Gasteiger partial charge in [0.25, 0.3) is 6.43 Å². The van der Waals surface area contributed by atoms with E-state index in [1.54, 1.807) is 10.8 Å². The smallest absolute Gasteiger partial charge is 0.256 e. The van der Waals surface area contributed by atoms with Crippen molar-refractivity contribution < 1.29 is 13.5 Å². The van der Waals surface area contributed by atoms with Gasteiger partial charge in [0.05, 0.1) is 18.6 Å². The van der Waals surface area contributed by atoms with Crippen LogP contribution in [0.2, 0.25) is 0 Å². The van der Waals surface area contributed by atoms with E-state index >= 15 is 0 Å². The first-order valence-corrected chi connectivity index (χ1v) is 11.3. The van der Waals surface area contributed by atoms with Gasteiger partial charge in [0.15, 0.2) is 0 Å². The Kier molecular flexibility index (Phi) is 5.89. The molecular weight excluding hydrogens is 400 g/mol. The largest absolute Gasteiger partial charge is 0.490 e. The van der Waals surface area contributed by atoms with Crippen LogP contribution in [0.5, 0.6) is 5.75 Å². The summed E-state index contributed by atoms with van der Waals surface area (Å²) in [5.74, 6) is 3.01. The van der Waals surface area contributed by atoms with Crippen molar-refractivity contribution in [2.75, 3.05) is 13.1 Å². The lowest BCUT2D eigenvalue weighted by Crippen LogP contribution is -2.38. The number of fused-ring (bicyclic) bond motifs is 2. The minimum absolute atomic E-state index is 0.135. The molecule has 3 aromatic rings. The number of aromatic nitrogens is 4. The van der Waals surface area contributed by atoms with Gasteiger partial charge in [-0.1, -0.05) is 12.5 Å². The first-order valence-electron chi connectivity index (χ1n) is 11.3. The summed E-state index contributed by atoms with van der Waals surface area (Å²) in [6.07, 6.45) is 6.08. The van der Waals surface area contributed by atoms with Crippen molar-refractivity contribution in [3.05, 3.63) is 42.1 Å². The summed E-state index contributed by atoms with van der Waals surface area (Å²) in [6.45, 7) is 3.49. The van der Waals surface area contributed by atoms with Crippen LogP contribution in [0.3, 0.4) is 0 Å². The van der Waals surface area contributed by atoms with Crippen LogP contribution < -0.4 is 4.74 Å². The SMILES string of the molecule is FC(F)Cn1ccc2c(OC3CCN(Cc4nnc5n4CCCCC5)CC3)cccc21. The number of likely N-dealkylation sites (tertiary alicyclic amines) is 1. The van der Waals surface area contributed by atoms with Gasteiger partial charge in [-0.25, -0.2) is 8.78 Å². The van der Waals surface area contributed by atoms with Gasteiger partial charge in [-0.15, -0.1) is 10.2 Å². The molecule has 2 aromatic heterocycles. The molecule has 166 valence electrons. The number of hydrogen-bond donors (Lipinski definition) is 0. The second-order valence-corrected chi connectivity index (χ2v) is 8.64. The van der Waals surface area contributed by atoms with Gasteiger partial charge >= 0.3 is 0 Å². The van der Waals surface area contributed by atoms with E-state index in [4.69, 9.17) is 4.74 Å². The normalized spacial score (nSPS) is 18.4. The third kappa shape index (κ3) is 4.44. The molecule has 0 atom stereocenters. The maximum atomic E-state index is 12.8. The van der Waals surface area contributed by atoms with Gasteiger partial charge in [-0.05, 0) is 43.9 Å². The Bertz CT molecular complexity index is 1020. The van der Waals surface area contributed by atoms with Crippen molar-refractivity contribution in [1.29, 1.82) is 0 Å². The third-order valence-corrected chi connectivity index (χ3v) is 6.49. The molecule has 0 bridgehead atoms. The first-order chi connectivity index (χ1) is 15.2. The number of piperidine rings is 1. The van der Waals surface area contributed by atoms with Gasteiger partial charge in [0.1, 0.15) is 23.5 Å². The quantitative estimate of drug-likeness (QED) is 0.587. The number of alkyl halides is 2. The van der Waals surface area contributed by atoms with E-state index in [2.05, 4.69) is 19.7 Å². The number of rotatable bonds is 6. The Morgan fingerprint density at radius 2 is 1.90 bits per heavy atom. The average molecular weight is 430 g/mol. The summed E-state index contributed by atoms with van der Waals surface area (Å²) >= 11 is 0. The Morgan fingerprint density at radius 3 is 2.74 bits per heavy atom. The molecule has 6 nitrogen and oxygen atoms in total. The Morgan fingerprint density at radius 1 is 1.03 bits per heavy atom. The van der Waals surface area contributed by atoms with Gasteiger partial charge in [0.2, 0.25) is 0 Å². The molecule has 31 heavy (non-hydrogen) atoms. The zero-order valence-corrected chi connectivity index (χ0v) is 17.7. The number of halogens is 2. The van der Waals surface area contributed by atoms with Crippen LogP contribution in [0, 0.1) is 0 Å². The number of ether oxygens (including phenoxy) is 1. The maximum Gasteiger partial charge on any atom is 0.256 e. The highest BCUT2D eigenvalue weighted by Crippen LogP contribution is 2.30. The minimum Gasteiger partial charge on any atom is -0.490 e. The lowest BCUT2D eigenvalue weighted by Gasteiger charge is -2.32. The molecule has 0 spiro atoms. The lowest BCUT2D eigenvalue weighted by atomic mass is 10.1. The van der Waals surface area contributed by atoms with E-state index in [0.29, 0.717) is 0 Å². The second kappa shape index (κ2) is 8.94. The molecule has 5 rings (SSSR count). The summed E-state index contributed by atoms with van der Waals surface area (Å²) in [7, 11) is 0. The van der Waals surface area contributed by atoms with Crippen molar-refractivity contribution in [2.24, 2.45) is 0 Å². The van der Waals surface area contributed by atoms with E-state index in [1.807, 2.05) is 24.3 Å². The fourth-order valence-corrected chi connectivity index (χ4v) is 4.83. The number of aryl methyl sites for hydroxylation is 1. The lowest BCUT2D eigenvalue weighted by molar-refractivity contribution is 0.0957. The highest BCUT2D eigenvalue weighted by Gasteiger charge is 2.24. The highest BCUT2D eigenvalue weighted by atomic mass is 19.3. The zero-order valence-electron chi connectivity index (χ0n) is 17.7. The van der Waals surface area contributed by atoms with Gasteiger partial charge < -0.3 is 13.9 Å². The van der Waals surface area contributed by atoms with E-state index in [-0.39, 0.29) is 12.6 Å². The summed E-state index contributed by atoms with van der Waals surface area (Å²) in [4.78, 5) is 2.43. The van der Waals surface area contributed by atoms with Gasteiger partial charge in [-0.3, -0.25) is 4.90 Å². The predicted octanol–water partition coefficient (Wildman–Crippen LogP) is 4.27. The molecule has 2 aliphatic rings. The summed E-state index contributed by atoms with van der Waals surface area (Å²) in [6, 6.07) is 7.56. The standard InChI is InChI=1S/C23H29F2N5O/c24-21(25)15-29-14-10-18-19(29)5-4-6-20(18)31-17-8-12-28(13-9-17)16-23-27-26-22-7-2-1-3-11-30(22)23/h4-6,10,14,17,21H,1-3,7-9,11-13,15-16H2. The summed E-state index contributed by atoms with van der Waals surface area (Å²) in [5.41, 5.74) is 0.794. The van der Waals surface area contributed by atoms with E-state index in [9.17, 15) is 8.78 Å². The molecule has 2 aliphatic heterocycles. The molecule has 1 saturated heterocycles. The Labute approximate surface area is 180 Å². The van der Waals surface area contributed by atoms with Crippen LogP contribution in [0.4, 0.5) is 8.78 Å². The predicted molar refractivity (Wildman–Crippen MR) is 114 cm³/mol. The van der Waals surface area contributed by atoms with E-state index in [1.165, 1.54) is 19.3 Å². The van der Waals surface area contributed by atoms with Crippen molar-refractivity contribution in [2.45, 2.75) is 70.7 Å².